The maximum Gasteiger partial charge on any atom is 0.352 e. The lowest BCUT2D eigenvalue weighted by molar-refractivity contribution is -0.156. The first kappa shape index (κ1) is 17.3. The zero-order chi connectivity index (χ0) is 18.8. The third kappa shape index (κ3) is 3.20. The summed E-state index contributed by atoms with van der Waals surface area (Å²) in [6.07, 6.45) is 2.74. The largest absolute Gasteiger partial charge is 0.474 e. The highest BCUT2D eigenvalue weighted by molar-refractivity contribution is 7.20. The van der Waals surface area contributed by atoms with Gasteiger partial charge < -0.3 is 9.47 Å². The van der Waals surface area contributed by atoms with Gasteiger partial charge in [-0.05, 0) is 11.6 Å². The molecular formula is C23H18O3S. The molecule has 1 unspecified atom stereocenters. The second-order valence-electron chi connectivity index (χ2n) is 6.17. The summed E-state index contributed by atoms with van der Waals surface area (Å²) in [6.45, 7) is 7.98. The fraction of sp³-hybridized carbons (Fsp3) is 0.0870. The van der Waals surface area contributed by atoms with Crippen LogP contribution in [0.5, 0.6) is 0 Å². The Labute approximate surface area is 161 Å². The normalized spacial score (nSPS) is 17.4. The zero-order valence-electron chi connectivity index (χ0n) is 14.7. The number of carbonyl (C=O) groups is 1. The van der Waals surface area contributed by atoms with Gasteiger partial charge in [0, 0.05) is 26.1 Å². The fourth-order valence-electron chi connectivity index (χ4n) is 3.17. The Morgan fingerprint density at radius 2 is 1.89 bits per heavy atom. The molecule has 0 aliphatic carbocycles. The van der Waals surface area contributed by atoms with E-state index >= 15 is 0 Å². The molecule has 0 radical (unpaired) electrons. The summed E-state index contributed by atoms with van der Waals surface area (Å²) < 4.78 is 12.6. The van der Waals surface area contributed by atoms with Gasteiger partial charge in [0.15, 0.2) is 0 Å². The van der Waals surface area contributed by atoms with Gasteiger partial charge in [-0.2, -0.15) is 0 Å². The quantitative estimate of drug-likeness (QED) is 0.542. The molecule has 27 heavy (non-hydrogen) atoms. The van der Waals surface area contributed by atoms with Crippen LogP contribution in [0.3, 0.4) is 0 Å². The lowest BCUT2D eigenvalue weighted by Crippen LogP contribution is -2.22. The average molecular weight is 374 g/mol. The van der Waals surface area contributed by atoms with Gasteiger partial charge in [-0.3, -0.25) is 0 Å². The number of ether oxygens (including phenoxy) is 2. The Balaban J connectivity index is 1.72. The molecule has 1 aliphatic heterocycles. The molecule has 4 rings (SSSR count). The molecule has 1 aliphatic rings. The Kier molecular flexibility index (Phi) is 4.65. The minimum Gasteiger partial charge on any atom is -0.474 e. The van der Waals surface area contributed by atoms with Crippen LogP contribution in [0.15, 0.2) is 85.7 Å². The summed E-state index contributed by atoms with van der Waals surface area (Å²) in [4.78, 5) is 13.8. The van der Waals surface area contributed by atoms with Crippen molar-refractivity contribution in [1.29, 1.82) is 0 Å². The molecule has 1 aromatic heterocycles. The van der Waals surface area contributed by atoms with Crippen molar-refractivity contribution < 1.29 is 14.3 Å². The number of hydrogen-bond donors (Lipinski definition) is 0. The number of rotatable bonds is 4. The Morgan fingerprint density at radius 1 is 1.15 bits per heavy atom. The first-order valence-corrected chi connectivity index (χ1v) is 9.41. The number of benzene rings is 2. The predicted molar refractivity (Wildman–Crippen MR) is 109 cm³/mol. The van der Waals surface area contributed by atoms with Crippen molar-refractivity contribution in [2.24, 2.45) is 0 Å². The van der Waals surface area contributed by atoms with E-state index in [1.165, 1.54) is 0 Å². The molecule has 4 heteroatoms. The molecule has 0 saturated heterocycles. The van der Waals surface area contributed by atoms with Crippen molar-refractivity contribution in [2.75, 3.05) is 0 Å². The van der Waals surface area contributed by atoms with Gasteiger partial charge in [0.2, 0.25) is 6.10 Å². The number of carbonyl (C=O) groups excluding carboxylic acids is 1. The van der Waals surface area contributed by atoms with E-state index in [9.17, 15) is 4.79 Å². The summed E-state index contributed by atoms with van der Waals surface area (Å²) in [5.74, 6) is 0.0399. The van der Waals surface area contributed by atoms with Gasteiger partial charge in [0.1, 0.15) is 12.4 Å². The lowest BCUT2D eigenvalue weighted by atomic mass is 9.97. The van der Waals surface area contributed by atoms with Crippen LogP contribution in [0, 0.1) is 0 Å². The third-order valence-electron chi connectivity index (χ3n) is 4.42. The molecule has 0 spiro atoms. The summed E-state index contributed by atoms with van der Waals surface area (Å²) >= 11 is 1.62. The van der Waals surface area contributed by atoms with Crippen LogP contribution in [0.25, 0.3) is 15.7 Å². The topological polar surface area (TPSA) is 35.5 Å². The average Bonchev–Trinajstić information content (AvgIpc) is 3.08. The van der Waals surface area contributed by atoms with Gasteiger partial charge in [-0.25, -0.2) is 4.79 Å². The zero-order valence-corrected chi connectivity index (χ0v) is 15.5. The van der Waals surface area contributed by atoms with Crippen molar-refractivity contribution >= 4 is 33.0 Å². The van der Waals surface area contributed by atoms with Crippen molar-refractivity contribution in [3.8, 4) is 0 Å². The number of allylic oxidation sites excluding steroid dienone is 3. The van der Waals surface area contributed by atoms with Gasteiger partial charge in [0.05, 0.1) is 0 Å². The maximum atomic E-state index is 12.9. The van der Waals surface area contributed by atoms with Gasteiger partial charge in [0.25, 0.3) is 0 Å². The number of esters is 1. The Bertz CT molecular complexity index is 1060. The van der Waals surface area contributed by atoms with E-state index in [1.807, 2.05) is 60.7 Å². The molecule has 1 atom stereocenters. The summed E-state index contributed by atoms with van der Waals surface area (Å²) in [6, 6.07) is 17.6. The molecule has 134 valence electrons. The van der Waals surface area contributed by atoms with Crippen molar-refractivity contribution in [3.63, 3.8) is 0 Å². The molecular weight excluding hydrogens is 356 g/mol. The van der Waals surface area contributed by atoms with Gasteiger partial charge in [-0.15, -0.1) is 11.3 Å². The molecule has 2 heterocycles. The van der Waals surface area contributed by atoms with E-state index in [2.05, 4.69) is 13.2 Å². The molecule has 0 N–H and O–H groups in total. The standard InChI is InChI=1S/C23H18O3S/c1-3-9-17-15(2)26-21(23(24)25-14-16-10-5-4-6-11-16)20-18-12-7-8-13-19(18)27-22(17)20/h3-13,21H,1-2,14H2/b17-9+. The third-order valence-corrected chi connectivity index (χ3v) is 5.64. The number of thiophene rings is 1. The summed E-state index contributed by atoms with van der Waals surface area (Å²) in [7, 11) is 0. The molecule has 0 fully saturated rings. The predicted octanol–water partition coefficient (Wildman–Crippen LogP) is 5.80. The summed E-state index contributed by atoms with van der Waals surface area (Å²) in [5.41, 5.74) is 2.63. The van der Waals surface area contributed by atoms with Crippen LogP contribution in [-0.2, 0) is 20.9 Å². The lowest BCUT2D eigenvalue weighted by Gasteiger charge is -2.26. The van der Waals surface area contributed by atoms with Crippen LogP contribution < -0.4 is 0 Å². The van der Waals surface area contributed by atoms with Crippen molar-refractivity contribution in [2.45, 2.75) is 12.7 Å². The van der Waals surface area contributed by atoms with Crippen LogP contribution >= 0.6 is 11.3 Å². The van der Waals surface area contributed by atoms with Gasteiger partial charge >= 0.3 is 5.97 Å². The molecule has 0 saturated carbocycles. The maximum absolute atomic E-state index is 12.9. The second kappa shape index (κ2) is 7.25. The molecule has 2 aromatic carbocycles. The van der Waals surface area contributed by atoms with Crippen LogP contribution in [0.2, 0.25) is 0 Å². The first-order valence-electron chi connectivity index (χ1n) is 8.60. The first-order chi connectivity index (χ1) is 13.2. The second-order valence-corrected chi connectivity index (χ2v) is 7.22. The molecule has 0 bridgehead atoms. The van der Waals surface area contributed by atoms with Crippen molar-refractivity contribution in [3.05, 3.63) is 102 Å². The number of hydrogen-bond acceptors (Lipinski definition) is 4. The molecule has 3 nitrogen and oxygen atoms in total. The van der Waals surface area contributed by atoms with Crippen molar-refractivity contribution in [1.82, 2.24) is 0 Å². The van der Waals surface area contributed by atoms with Gasteiger partial charge in [-0.1, -0.05) is 73.8 Å². The molecule has 3 aromatic rings. The van der Waals surface area contributed by atoms with E-state index < -0.39 is 12.1 Å². The highest BCUT2D eigenvalue weighted by Gasteiger charge is 2.36. The van der Waals surface area contributed by atoms with Crippen LogP contribution in [0.1, 0.15) is 22.1 Å². The highest BCUT2D eigenvalue weighted by atomic mass is 32.1. The SMILES string of the molecule is C=C/C=C1\C(=C)OC(C(=O)OCc2ccccc2)c2c1sc1ccccc21. The highest BCUT2D eigenvalue weighted by Crippen LogP contribution is 2.47. The number of fused-ring (bicyclic) bond motifs is 3. The van der Waals surface area contributed by atoms with Crippen LogP contribution in [0.4, 0.5) is 0 Å². The minimum absolute atomic E-state index is 0.207. The van der Waals surface area contributed by atoms with E-state index in [4.69, 9.17) is 9.47 Å². The summed E-state index contributed by atoms with van der Waals surface area (Å²) in [5, 5.41) is 1.00. The monoisotopic (exact) mass is 374 g/mol. The Hall–Kier alpha value is -3.11. The van der Waals surface area contributed by atoms with E-state index in [1.54, 1.807) is 17.4 Å². The fourth-order valence-corrected chi connectivity index (χ4v) is 4.45. The smallest absolute Gasteiger partial charge is 0.352 e. The minimum atomic E-state index is -0.825. The van der Waals surface area contributed by atoms with E-state index in [0.29, 0.717) is 5.76 Å². The van der Waals surface area contributed by atoms with Crippen LogP contribution in [-0.4, -0.2) is 5.97 Å². The van der Waals surface area contributed by atoms with E-state index in [-0.39, 0.29) is 6.61 Å². The molecule has 0 amide bonds. The Morgan fingerprint density at radius 3 is 2.67 bits per heavy atom. The van der Waals surface area contributed by atoms with E-state index in [0.717, 1.165) is 31.7 Å².